The lowest BCUT2D eigenvalue weighted by Gasteiger charge is -2.32. The maximum atomic E-state index is 11.1. The molecule has 2 aromatic rings. The zero-order valence-electron chi connectivity index (χ0n) is 11.6. The summed E-state index contributed by atoms with van der Waals surface area (Å²) >= 11 is 0. The first-order valence-corrected chi connectivity index (χ1v) is 6.80. The number of aromatic nitrogens is 4. The number of anilines is 1. The number of hydrogen-bond acceptors (Lipinski definition) is 5. The van der Waals surface area contributed by atoms with E-state index in [0.29, 0.717) is 23.5 Å². The molecule has 0 amide bonds. The Hall–Kier alpha value is -2.18. The van der Waals surface area contributed by atoms with E-state index in [1.165, 1.54) is 17.1 Å². The van der Waals surface area contributed by atoms with Gasteiger partial charge in [-0.2, -0.15) is 9.50 Å². The smallest absolute Gasteiger partial charge is 0.339 e. The van der Waals surface area contributed by atoms with Crippen molar-refractivity contribution in [2.75, 3.05) is 11.4 Å². The van der Waals surface area contributed by atoms with E-state index in [0.717, 1.165) is 19.4 Å². The quantitative estimate of drug-likeness (QED) is 0.894. The Bertz CT molecular complexity index is 666. The largest absolute Gasteiger partial charge is 0.478 e. The van der Waals surface area contributed by atoms with Crippen molar-refractivity contribution in [2.45, 2.75) is 39.2 Å². The molecular weight excluding hydrogens is 258 g/mol. The topological polar surface area (TPSA) is 83.6 Å². The molecule has 3 rings (SSSR count). The van der Waals surface area contributed by atoms with Crippen molar-refractivity contribution in [3.8, 4) is 0 Å². The van der Waals surface area contributed by atoms with E-state index in [-0.39, 0.29) is 5.56 Å². The molecule has 1 saturated heterocycles. The van der Waals surface area contributed by atoms with E-state index >= 15 is 0 Å². The number of carboxylic acids is 1. The van der Waals surface area contributed by atoms with E-state index in [4.69, 9.17) is 5.11 Å². The fraction of sp³-hybridized carbons (Fsp3) is 0.538. The van der Waals surface area contributed by atoms with Gasteiger partial charge in [0.25, 0.3) is 5.78 Å². The van der Waals surface area contributed by atoms with Crippen molar-refractivity contribution >= 4 is 17.7 Å². The zero-order chi connectivity index (χ0) is 14.3. The van der Waals surface area contributed by atoms with Crippen molar-refractivity contribution in [2.24, 2.45) is 0 Å². The van der Waals surface area contributed by atoms with Crippen LogP contribution in [0.15, 0.2) is 6.20 Å². The molecule has 1 N–H and O–H groups in total. The first-order valence-electron chi connectivity index (χ1n) is 6.80. The van der Waals surface area contributed by atoms with Crippen molar-refractivity contribution < 1.29 is 9.90 Å². The van der Waals surface area contributed by atoms with Crippen LogP contribution in [0.1, 0.15) is 42.2 Å². The van der Waals surface area contributed by atoms with Gasteiger partial charge >= 0.3 is 5.97 Å². The van der Waals surface area contributed by atoms with Crippen LogP contribution in [0.2, 0.25) is 0 Å². The van der Waals surface area contributed by atoms with Gasteiger partial charge in [-0.05, 0) is 33.1 Å². The van der Waals surface area contributed by atoms with Gasteiger partial charge in [0.15, 0.2) is 0 Å². The highest BCUT2D eigenvalue weighted by Crippen LogP contribution is 2.22. The minimum absolute atomic E-state index is 0.153. The number of fused-ring (bicyclic) bond motifs is 1. The van der Waals surface area contributed by atoms with Crippen LogP contribution in [0.5, 0.6) is 0 Å². The molecule has 3 heterocycles. The number of carboxylic acid groups (broad SMARTS) is 1. The average Bonchev–Trinajstić information content (AvgIpc) is 2.84. The van der Waals surface area contributed by atoms with Crippen molar-refractivity contribution in [1.82, 2.24) is 19.6 Å². The summed E-state index contributed by atoms with van der Waals surface area (Å²) in [7, 11) is 0. The van der Waals surface area contributed by atoms with Gasteiger partial charge < -0.3 is 10.0 Å². The Labute approximate surface area is 116 Å². The summed E-state index contributed by atoms with van der Waals surface area (Å²) in [4.78, 5) is 21.8. The molecule has 0 aromatic carbocycles. The summed E-state index contributed by atoms with van der Waals surface area (Å²) in [6, 6.07) is 0.403. The average molecular weight is 275 g/mol. The Morgan fingerprint density at radius 1 is 1.45 bits per heavy atom. The zero-order valence-corrected chi connectivity index (χ0v) is 11.6. The predicted octanol–water partition coefficient (Wildman–Crippen LogP) is 1.51. The summed E-state index contributed by atoms with van der Waals surface area (Å²) in [6.45, 7) is 4.81. The molecule has 0 radical (unpaired) electrons. The highest BCUT2D eigenvalue weighted by atomic mass is 16.4. The lowest BCUT2D eigenvalue weighted by Crippen LogP contribution is -2.38. The van der Waals surface area contributed by atoms with E-state index in [1.807, 2.05) is 0 Å². The van der Waals surface area contributed by atoms with Crippen molar-refractivity contribution in [3.05, 3.63) is 17.5 Å². The van der Waals surface area contributed by atoms with Crippen LogP contribution >= 0.6 is 0 Å². The Balaban J connectivity index is 2.06. The third-order valence-electron chi connectivity index (χ3n) is 3.89. The van der Waals surface area contributed by atoms with Crippen LogP contribution in [0.4, 0.5) is 5.95 Å². The minimum Gasteiger partial charge on any atom is -0.478 e. The highest BCUT2D eigenvalue weighted by molar-refractivity contribution is 5.88. The number of hydrogen-bond donors (Lipinski definition) is 1. The molecule has 2 aromatic heterocycles. The maximum absolute atomic E-state index is 11.1. The summed E-state index contributed by atoms with van der Waals surface area (Å²) < 4.78 is 1.51. The lowest BCUT2D eigenvalue weighted by atomic mass is 10.0. The van der Waals surface area contributed by atoms with Crippen LogP contribution in [0, 0.1) is 6.92 Å². The normalized spacial score (nSPS) is 19.5. The second-order valence-electron chi connectivity index (χ2n) is 5.22. The molecule has 1 aliphatic rings. The Morgan fingerprint density at radius 3 is 2.95 bits per heavy atom. The summed E-state index contributed by atoms with van der Waals surface area (Å²) in [6.07, 6.45) is 4.82. The number of aromatic carboxylic acids is 1. The Morgan fingerprint density at radius 2 is 2.25 bits per heavy atom. The van der Waals surface area contributed by atoms with Crippen LogP contribution in [0.3, 0.4) is 0 Å². The summed E-state index contributed by atoms with van der Waals surface area (Å²) in [5.41, 5.74) is 0.701. The van der Waals surface area contributed by atoms with E-state index in [1.54, 1.807) is 6.92 Å². The molecule has 1 aliphatic heterocycles. The second-order valence-corrected chi connectivity index (χ2v) is 5.22. The van der Waals surface area contributed by atoms with Crippen molar-refractivity contribution in [3.63, 3.8) is 0 Å². The predicted molar refractivity (Wildman–Crippen MR) is 73.1 cm³/mol. The first-order chi connectivity index (χ1) is 9.58. The van der Waals surface area contributed by atoms with Crippen LogP contribution in [-0.4, -0.2) is 43.2 Å². The monoisotopic (exact) mass is 275 g/mol. The third kappa shape index (κ3) is 1.99. The SMILES string of the molecule is Cc1c(C(=O)O)cnc2nc(N3CCCCC3C)nn12. The maximum Gasteiger partial charge on any atom is 0.339 e. The Kier molecular flexibility index (Phi) is 3.04. The highest BCUT2D eigenvalue weighted by Gasteiger charge is 2.23. The van der Waals surface area contributed by atoms with E-state index in [2.05, 4.69) is 26.9 Å². The van der Waals surface area contributed by atoms with Crippen LogP contribution < -0.4 is 4.90 Å². The van der Waals surface area contributed by atoms with E-state index in [9.17, 15) is 4.79 Å². The number of aryl methyl sites for hydroxylation is 1. The molecule has 20 heavy (non-hydrogen) atoms. The van der Waals surface area contributed by atoms with Crippen LogP contribution in [-0.2, 0) is 0 Å². The molecular formula is C13H17N5O2. The minimum atomic E-state index is -1.000. The molecule has 1 unspecified atom stereocenters. The van der Waals surface area contributed by atoms with E-state index < -0.39 is 5.97 Å². The van der Waals surface area contributed by atoms with Gasteiger partial charge in [-0.1, -0.05) is 0 Å². The molecule has 1 atom stereocenters. The fourth-order valence-corrected chi connectivity index (χ4v) is 2.66. The fourth-order valence-electron chi connectivity index (χ4n) is 2.66. The molecule has 0 bridgehead atoms. The van der Waals surface area contributed by atoms with Gasteiger partial charge in [-0.15, -0.1) is 5.10 Å². The van der Waals surface area contributed by atoms with Crippen LogP contribution in [0.25, 0.3) is 5.78 Å². The number of rotatable bonds is 2. The summed E-state index contributed by atoms with van der Waals surface area (Å²) in [5, 5.41) is 13.5. The molecule has 0 saturated carbocycles. The number of piperidine rings is 1. The van der Waals surface area contributed by atoms with Gasteiger partial charge in [0.2, 0.25) is 5.95 Å². The van der Waals surface area contributed by atoms with Gasteiger partial charge in [0.1, 0.15) is 0 Å². The molecule has 7 nitrogen and oxygen atoms in total. The van der Waals surface area contributed by atoms with Gasteiger partial charge in [0, 0.05) is 18.8 Å². The number of carbonyl (C=O) groups is 1. The molecule has 0 spiro atoms. The van der Waals surface area contributed by atoms with Gasteiger partial charge in [-0.25, -0.2) is 9.78 Å². The van der Waals surface area contributed by atoms with Gasteiger partial charge in [0.05, 0.1) is 11.3 Å². The molecule has 0 aliphatic carbocycles. The molecule has 1 fully saturated rings. The first kappa shape index (κ1) is 12.8. The second kappa shape index (κ2) is 4.73. The molecule has 7 heteroatoms. The third-order valence-corrected chi connectivity index (χ3v) is 3.89. The number of nitrogens with zero attached hydrogens (tertiary/aromatic N) is 5. The standard InChI is InChI=1S/C13H17N5O2/c1-8-5-3-4-6-17(8)13-15-12-14-7-10(11(19)20)9(2)18(12)16-13/h7-8H,3-6H2,1-2H3,(H,19,20). The molecule has 106 valence electrons. The summed E-state index contributed by atoms with van der Waals surface area (Å²) in [5.74, 6) is 0.0795. The lowest BCUT2D eigenvalue weighted by molar-refractivity contribution is 0.0695. The van der Waals surface area contributed by atoms with Gasteiger partial charge in [-0.3, -0.25) is 0 Å². The van der Waals surface area contributed by atoms with Crippen molar-refractivity contribution in [1.29, 1.82) is 0 Å².